The number of aliphatic hydroxyl groups is 1. The van der Waals surface area contributed by atoms with E-state index < -0.39 is 17.8 Å². The van der Waals surface area contributed by atoms with Crippen LogP contribution >= 0.6 is 0 Å². The molecule has 0 aliphatic heterocycles. The number of oxazole rings is 1. The fraction of sp³-hybridized carbons (Fsp3) is 0.292. The number of nitriles is 1. The van der Waals surface area contributed by atoms with E-state index in [1.807, 2.05) is 6.92 Å². The summed E-state index contributed by atoms with van der Waals surface area (Å²) in [4.78, 5) is 17.1. The molecule has 4 rings (SSSR count). The van der Waals surface area contributed by atoms with Crippen LogP contribution in [0.2, 0.25) is 0 Å². The van der Waals surface area contributed by atoms with E-state index in [0.717, 1.165) is 5.56 Å². The van der Waals surface area contributed by atoms with Gasteiger partial charge in [0.25, 0.3) is 0 Å². The summed E-state index contributed by atoms with van der Waals surface area (Å²) in [7, 11) is 1.51. The summed E-state index contributed by atoms with van der Waals surface area (Å²) in [6.07, 6.45) is -0.181. The number of ether oxygens (including phenoxy) is 2. The number of methoxy groups -OCH3 is 1. The van der Waals surface area contributed by atoms with Gasteiger partial charge in [-0.1, -0.05) is 0 Å². The number of aliphatic hydroxyl groups excluding tert-OH is 1. The third kappa shape index (κ3) is 3.67. The maximum Gasteiger partial charge on any atom is 0.419 e. The SMILES string of the molecule is COc1cc(C)c2c(ccn2C(=O)OC(C)(C)C)c1C(O)c1nc2cc(C#N)ccc2o1. The van der Waals surface area contributed by atoms with Crippen LogP contribution in [0.25, 0.3) is 22.0 Å². The van der Waals surface area contributed by atoms with Crippen molar-refractivity contribution in [1.82, 2.24) is 9.55 Å². The fourth-order valence-corrected chi connectivity index (χ4v) is 3.70. The molecule has 1 N–H and O–H groups in total. The number of nitrogens with zero attached hydrogens (tertiary/aromatic N) is 3. The normalized spacial score (nSPS) is 12.7. The molecule has 0 radical (unpaired) electrons. The van der Waals surface area contributed by atoms with Crippen molar-refractivity contribution in [1.29, 1.82) is 5.26 Å². The lowest BCUT2D eigenvalue weighted by atomic mass is 10.00. The molecule has 0 bridgehead atoms. The third-order valence-electron chi connectivity index (χ3n) is 5.01. The molecule has 0 fully saturated rings. The van der Waals surface area contributed by atoms with E-state index in [2.05, 4.69) is 11.1 Å². The van der Waals surface area contributed by atoms with Gasteiger partial charge >= 0.3 is 6.09 Å². The molecule has 8 heteroatoms. The van der Waals surface area contributed by atoms with Crippen LogP contribution in [0.1, 0.15) is 49.5 Å². The Kier molecular flexibility index (Phi) is 5.15. The van der Waals surface area contributed by atoms with Crippen LogP contribution in [0, 0.1) is 18.3 Å². The molecule has 0 aliphatic carbocycles. The van der Waals surface area contributed by atoms with Crippen molar-refractivity contribution in [2.45, 2.75) is 39.4 Å². The van der Waals surface area contributed by atoms with E-state index >= 15 is 0 Å². The first kappa shape index (κ1) is 21.4. The Balaban J connectivity index is 1.87. The summed E-state index contributed by atoms with van der Waals surface area (Å²) in [5, 5.41) is 20.9. The molecular formula is C24H23N3O5. The molecule has 4 aromatic rings. The zero-order valence-corrected chi connectivity index (χ0v) is 18.5. The second-order valence-corrected chi connectivity index (χ2v) is 8.49. The molecule has 2 aromatic carbocycles. The average molecular weight is 433 g/mol. The first-order valence-corrected chi connectivity index (χ1v) is 10.0. The average Bonchev–Trinajstić information content (AvgIpc) is 3.36. The molecule has 0 amide bonds. The van der Waals surface area contributed by atoms with Gasteiger partial charge in [0.05, 0.1) is 24.3 Å². The van der Waals surface area contributed by atoms with Gasteiger partial charge in [-0.3, -0.25) is 4.57 Å². The van der Waals surface area contributed by atoms with Crippen LogP contribution in [-0.4, -0.2) is 33.5 Å². The van der Waals surface area contributed by atoms with E-state index in [1.165, 1.54) is 11.7 Å². The molecule has 1 unspecified atom stereocenters. The van der Waals surface area contributed by atoms with E-state index in [4.69, 9.17) is 19.2 Å². The number of aromatic nitrogens is 2. The van der Waals surface area contributed by atoms with Gasteiger partial charge in [-0.15, -0.1) is 0 Å². The minimum absolute atomic E-state index is 0.0589. The standard InChI is InChI=1S/C24H23N3O5/c1-13-10-18(30-5)19(15-8-9-27(20(13)15)23(29)32-24(2,3)4)21(28)22-26-16-11-14(12-25)6-7-17(16)31-22/h6-11,21,28H,1-5H3. The van der Waals surface area contributed by atoms with E-state index in [1.54, 1.807) is 57.3 Å². The highest BCUT2D eigenvalue weighted by molar-refractivity contribution is 5.95. The lowest BCUT2D eigenvalue weighted by Crippen LogP contribution is -2.26. The number of carbonyl (C=O) groups is 1. The second kappa shape index (κ2) is 7.70. The van der Waals surface area contributed by atoms with Gasteiger partial charge in [-0.05, 0) is 63.6 Å². The first-order valence-electron chi connectivity index (χ1n) is 10.0. The highest BCUT2D eigenvalue weighted by atomic mass is 16.6. The monoisotopic (exact) mass is 433 g/mol. The molecule has 1 atom stereocenters. The Hall–Kier alpha value is -3.83. The summed E-state index contributed by atoms with van der Waals surface area (Å²) < 4.78 is 18.2. The van der Waals surface area contributed by atoms with Gasteiger partial charge in [-0.25, -0.2) is 9.78 Å². The van der Waals surface area contributed by atoms with Crippen molar-refractivity contribution in [3.63, 3.8) is 0 Å². The van der Waals surface area contributed by atoms with Gasteiger partial charge < -0.3 is 19.0 Å². The number of aryl methyl sites for hydroxylation is 1. The molecule has 32 heavy (non-hydrogen) atoms. The Morgan fingerprint density at radius 3 is 2.69 bits per heavy atom. The Morgan fingerprint density at radius 1 is 1.28 bits per heavy atom. The van der Waals surface area contributed by atoms with Crippen molar-refractivity contribution < 1.29 is 23.8 Å². The summed E-state index contributed by atoms with van der Waals surface area (Å²) in [5.41, 5.74) is 2.49. The molecule has 164 valence electrons. The van der Waals surface area contributed by atoms with Crippen LogP contribution in [0.4, 0.5) is 4.79 Å². The van der Waals surface area contributed by atoms with Crippen LogP contribution in [-0.2, 0) is 4.74 Å². The number of fused-ring (bicyclic) bond motifs is 2. The molecule has 8 nitrogen and oxygen atoms in total. The number of hydrogen-bond donors (Lipinski definition) is 1. The van der Waals surface area contributed by atoms with Gasteiger partial charge in [-0.2, -0.15) is 5.26 Å². The predicted octanol–water partition coefficient (Wildman–Crippen LogP) is 4.84. The molecule has 0 saturated carbocycles. The van der Waals surface area contributed by atoms with Gasteiger partial charge in [0, 0.05) is 17.1 Å². The van der Waals surface area contributed by atoms with E-state index in [9.17, 15) is 9.90 Å². The second-order valence-electron chi connectivity index (χ2n) is 8.49. The zero-order valence-electron chi connectivity index (χ0n) is 18.5. The first-order chi connectivity index (χ1) is 15.1. The predicted molar refractivity (Wildman–Crippen MR) is 118 cm³/mol. The molecule has 0 spiro atoms. The quantitative estimate of drug-likeness (QED) is 0.492. The van der Waals surface area contributed by atoms with Crippen molar-refractivity contribution in [2.75, 3.05) is 7.11 Å². The van der Waals surface area contributed by atoms with Crippen LogP contribution in [0.15, 0.2) is 40.9 Å². The van der Waals surface area contributed by atoms with Crippen molar-refractivity contribution in [3.8, 4) is 11.8 Å². The van der Waals surface area contributed by atoms with Crippen molar-refractivity contribution in [3.05, 3.63) is 59.1 Å². The minimum Gasteiger partial charge on any atom is -0.496 e. The Labute approximate surface area is 184 Å². The molecule has 0 aliphatic rings. The van der Waals surface area contributed by atoms with Gasteiger partial charge in [0.1, 0.15) is 16.9 Å². The minimum atomic E-state index is -1.26. The van der Waals surface area contributed by atoms with Crippen molar-refractivity contribution >= 4 is 28.1 Å². The Bertz CT molecular complexity index is 1380. The Morgan fingerprint density at radius 2 is 2.03 bits per heavy atom. The van der Waals surface area contributed by atoms with Gasteiger partial charge in [0.2, 0.25) is 5.89 Å². The van der Waals surface area contributed by atoms with Crippen molar-refractivity contribution in [2.24, 2.45) is 0 Å². The third-order valence-corrected chi connectivity index (χ3v) is 5.01. The summed E-state index contributed by atoms with van der Waals surface area (Å²) in [5.74, 6) is 0.493. The number of carbonyl (C=O) groups excluding carboxylic acids is 1. The summed E-state index contributed by atoms with van der Waals surface area (Å²) in [6.45, 7) is 7.25. The van der Waals surface area contributed by atoms with Crippen LogP contribution in [0.3, 0.4) is 0 Å². The largest absolute Gasteiger partial charge is 0.496 e. The smallest absolute Gasteiger partial charge is 0.419 e. The van der Waals surface area contributed by atoms with Crippen LogP contribution < -0.4 is 4.74 Å². The summed E-state index contributed by atoms with van der Waals surface area (Å²) in [6, 6.07) is 10.4. The molecule has 2 aromatic heterocycles. The molecule has 2 heterocycles. The number of hydrogen-bond acceptors (Lipinski definition) is 7. The highest BCUT2D eigenvalue weighted by Gasteiger charge is 2.28. The molecular weight excluding hydrogens is 410 g/mol. The lowest BCUT2D eigenvalue weighted by molar-refractivity contribution is 0.0544. The number of rotatable bonds is 3. The maximum atomic E-state index is 12.8. The number of benzene rings is 2. The fourth-order valence-electron chi connectivity index (χ4n) is 3.70. The van der Waals surface area contributed by atoms with E-state index in [0.29, 0.717) is 38.9 Å². The summed E-state index contributed by atoms with van der Waals surface area (Å²) >= 11 is 0. The van der Waals surface area contributed by atoms with E-state index in [-0.39, 0.29) is 5.89 Å². The lowest BCUT2D eigenvalue weighted by Gasteiger charge is -2.21. The van der Waals surface area contributed by atoms with Gasteiger partial charge in [0.15, 0.2) is 11.7 Å². The zero-order chi connectivity index (χ0) is 23.2. The molecule has 0 saturated heterocycles. The van der Waals surface area contributed by atoms with Crippen LogP contribution in [0.5, 0.6) is 5.75 Å². The topological polar surface area (TPSA) is 111 Å². The highest BCUT2D eigenvalue weighted by Crippen LogP contribution is 2.39. The maximum absolute atomic E-state index is 12.8.